The van der Waals surface area contributed by atoms with Crippen LogP contribution in [-0.2, 0) is 9.53 Å². The van der Waals surface area contributed by atoms with E-state index in [2.05, 4.69) is 17.0 Å². The maximum atomic E-state index is 10.9. The van der Waals surface area contributed by atoms with Gasteiger partial charge in [0.2, 0.25) is 0 Å². The number of methoxy groups -OCH3 is 1. The van der Waals surface area contributed by atoms with Crippen LogP contribution < -0.4 is 5.32 Å². The molecule has 0 bridgehead atoms. The third-order valence-corrected chi connectivity index (χ3v) is 4.94. The number of hydrogen-bond donors (Lipinski definition) is 1. The van der Waals surface area contributed by atoms with E-state index in [1.807, 2.05) is 0 Å². The molecule has 0 aliphatic rings. The smallest absolute Gasteiger partial charge is 0.306 e. The molecule has 1 N–H and O–H groups in total. The van der Waals surface area contributed by atoms with Crippen LogP contribution in [0.2, 0.25) is 0 Å². The Morgan fingerprint density at radius 2 is 1.04 bits per heavy atom. The number of nitrogens with one attached hydrogen (secondary N) is 1. The lowest BCUT2D eigenvalue weighted by molar-refractivity contribution is -0.140. The number of esters is 1. The fraction of sp³-hybridized carbons (Fsp3) is 0.955. The van der Waals surface area contributed by atoms with Gasteiger partial charge >= 0.3 is 5.97 Å². The number of unbranched alkanes of at least 4 members (excludes halogenated alkanes) is 15. The molecule has 0 aliphatic carbocycles. The van der Waals surface area contributed by atoms with Crippen LogP contribution in [0.5, 0.6) is 0 Å². The minimum Gasteiger partial charge on any atom is -0.469 e. The highest BCUT2D eigenvalue weighted by atomic mass is 16.5. The first-order valence-corrected chi connectivity index (χ1v) is 11.1. The third kappa shape index (κ3) is 21.4. The average Bonchev–Trinajstić information content (AvgIpc) is 2.63. The summed E-state index contributed by atoms with van der Waals surface area (Å²) in [7, 11) is 1.44. The van der Waals surface area contributed by atoms with Crippen molar-refractivity contribution in [3.8, 4) is 0 Å². The Labute approximate surface area is 157 Å². The highest BCUT2D eigenvalue weighted by Crippen LogP contribution is 2.13. The van der Waals surface area contributed by atoms with Crippen LogP contribution in [-0.4, -0.2) is 26.2 Å². The Kier molecular flexibility index (Phi) is 21.0. The summed E-state index contributed by atoms with van der Waals surface area (Å²) in [4.78, 5) is 10.9. The van der Waals surface area contributed by atoms with Crippen molar-refractivity contribution in [3.05, 3.63) is 0 Å². The van der Waals surface area contributed by atoms with Crippen LogP contribution in [0, 0.1) is 0 Å². The summed E-state index contributed by atoms with van der Waals surface area (Å²) in [5.41, 5.74) is 0. The lowest BCUT2D eigenvalue weighted by Gasteiger charge is -2.05. The molecule has 3 nitrogen and oxygen atoms in total. The zero-order valence-corrected chi connectivity index (χ0v) is 17.3. The van der Waals surface area contributed by atoms with Gasteiger partial charge in [-0.05, 0) is 13.0 Å². The van der Waals surface area contributed by atoms with E-state index in [4.69, 9.17) is 0 Å². The van der Waals surface area contributed by atoms with E-state index in [1.165, 1.54) is 110 Å². The molecular formula is C22H45NO2. The summed E-state index contributed by atoms with van der Waals surface area (Å²) < 4.78 is 4.61. The van der Waals surface area contributed by atoms with Crippen LogP contribution in [0.25, 0.3) is 0 Å². The van der Waals surface area contributed by atoms with Crippen LogP contribution in [0.1, 0.15) is 116 Å². The van der Waals surface area contributed by atoms with Crippen molar-refractivity contribution < 1.29 is 9.53 Å². The SMILES string of the molecule is CCCCCCCCCCCCCCCCCCNCCC(=O)OC. The molecule has 3 heteroatoms. The molecule has 0 spiro atoms. The molecule has 25 heavy (non-hydrogen) atoms. The molecule has 0 saturated heterocycles. The first-order valence-electron chi connectivity index (χ1n) is 11.1. The van der Waals surface area contributed by atoms with Gasteiger partial charge in [-0.3, -0.25) is 4.79 Å². The molecule has 0 amide bonds. The van der Waals surface area contributed by atoms with Gasteiger partial charge < -0.3 is 10.1 Å². The summed E-state index contributed by atoms with van der Waals surface area (Å²) in [6, 6.07) is 0. The minimum absolute atomic E-state index is 0.125. The maximum absolute atomic E-state index is 10.9. The third-order valence-electron chi connectivity index (χ3n) is 4.94. The molecule has 0 aromatic heterocycles. The first kappa shape index (κ1) is 24.4. The van der Waals surface area contributed by atoms with E-state index in [-0.39, 0.29) is 5.97 Å². The van der Waals surface area contributed by atoms with Crippen LogP contribution in [0.15, 0.2) is 0 Å². The molecule has 0 radical (unpaired) electrons. The van der Waals surface area contributed by atoms with E-state index < -0.39 is 0 Å². The Morgan fingerprint density at radius 3 is 1.44 bits per heavy atom. The van der Waals surface area contributed by atoms with Gasteiger partial charge in [0.1, 0.15) is 0 Å². The second-order valence-corrected chi connectivity index (χ2v) is 7.38. The topological polar surface area (TPSA) is 38.3 Å². The van der Waals surface area contributed by atoms with Crippen LogP contribution in [0.4, 0.5) is 0 Å². The monoisotopic (exact) mass is 355 g/mol. The van der Waals surface area contributed by atoms with E-state index in [0.29, 0.717) is 6.42 Å². The van der Waals surface area contributed by atoms with Gasteiger partial charge in [0.05, 0.1) is 13.5 Å². The number of rotatable bonds is 20. The van der Waals surface area contributed by atoms with Crippen molar-refractivity contribution in [1.29, 1.82) is 0 Å². The molecule has 0 atom stereocenters. The number of carbonyl (C=O) groups excluding carboxylic acids is 1. The zero-order chi connectivity index (χ0) is 18.4. The summed E-state index contributed by atoms with van der Waals surface area (Å²) >= 11 is 0. The fourth-order valence-corrected chi connectivity index (χ4v) is 3.22. The number of ether oxygens (including phenoxy) is 1. The van der Waals surface area contributed by atoms with Crippen molar-refractivity contribution in [1.82, 2.24) is 5.32 Å². The molecule has 0 fully saturated rings. The van der Waals surface area contributed by atoms with Crippen molar-refractivity contribution in [2.24, 2.45) is 0 Å². The van der Waals surface area contributed by atoms with E-state index in [9.17, 15) is 4.79 Å². The van der Waals surface area contributed by atoms with Gasteiger partial charge in [0.25, 0.3) is 0 Å². The van der Waals surface area contributed by atoms with Gasteiger partial charge in [-0.25, -0.2) is 0 Å². The molecule has 0 unspecified atom stereocenters. The van der Waals surface area contributed by atoms with Gasteiger partial charge in [0, 0.05) is 6.54 Å². The Bertz CT molecular complexity index is 269. The second kappa shape index (κ2) is 21.5. The number of carbonyl (C=O) groups is 1. The summed E-state index contributed by atoms with van der Waals surface area (Å²) in [6.45, 7) is 4.05. The predicted molar refractivity (Wildman–Crippen MR) is 109 cm³/mol. The summed E-state index contributed by atoms with van der Waals surface area (Å²) in [5, 5.41) is 3.30. The van der Waals surface area contributed by atoms with E-state index in [1.54, 1.807) is 0 Å². The van der Waals surface area contributed by atoms with Gasteiger partial charge in [0.15, 0.2) is 0 Å². The maximum Gasteiger partial charge on any atom is 0.306 e. The average molecular weight is 356 g/mol. The zero-order valence-electron chi connectivity index (χ0n) is 17.3. The van der Waals surface area contributed by atoms with Gasteiger partial charge in [-0.1, -0.05) is 103 Å². The van der Waals surface area contributed by atoms with Crippen molar-refractivity contribution >= 4 is 5.97 Å². The standard InChI is InChI=1S/C22H45NO2/c1-3-4-5-6-7-8-9-10-11-12-13-14-15-16-17-18-20-23-21-19-22(24)25-2/h23H,3-21H2,1-2H3. The highest BCUT2D eigenvalue weighted by molar-refractivity contribution is 5.69. The quantitative estimate of drug-likeness (QED) is 0.203. The lowest BCUT2D eigenvalue weighted by atomic mass is 10.0. The Hall–Kier alpha value is -0.570. The highest BCUT2D eigenvalue weighted by Gasteiger charge is 1.98. The normalized spacial score (nSPS) is 11.0. The molecular weight excluding hydrogens is 310 g/mol. The molecule has 0 aromatic rings. The molecule has 0 saturated carbocycles. The predicted octanol–water partition coefficient (Wildman–Crippen LogP) is 6.40. The molecule has 0 rings (SSSR count). The molecule has 0 aromatic carbocycles. The van der Waals surface area contributed by atoms with Crippen LogP contribution in [0.3, 0.4) is 0 Å². The lowest BCUT2D eigenvalue weighted by Crippen LogP contribution is -2.19. The van der Waals surface area contributed by atoms with Crippen molar-refractivity contribution in [2.45, 2.75) is 116 Å². The van der Waals surface area contributed by atoms with E-state index in [0.717, 1.165) is 13.1 Å². The van der Waals surface area contributed by atoms with Gasteiger partial charge in [-0.15, -0.1) is 0 Å². The second-order valence-electron chi connectivity index (χ2n) is 7.38. The Morgan fingerprint density at radius 1 is 0.640 bits per heavy atom. The first-order chi connectivity index (χ1) is 12.3. The summed E-state index contributed by atoms with van der Waals surface area (Å²) in [6.07, 6.45) is 23.0. The fourth-order valence-electron chi connectivity index (χ4n) is 3.22. The number of hydrogen-bond acceptors (Lipinski definition) is 3. The molecule has 150 valence electrons. The largest absolute Gasteiger partial charge is 0.469 e. The van der Waals surface area contributed by atoms with Crippen molar-refractivity contribution in [2.75, 3.05) is 20.2 Å². The molecule has 0 heterocycles. The molecule has 0 aliphatic heterocycles. The van der Waals surface area contributed by atoms with Crippen molar-refractivity contribution in [3.63, 3.8) is 0 Å². The van der Waals surface area contributed by atoms with E-state index >= 15 is 0 Å². The van der Waals surface area contributed by atoms with Gasteiger partial charge in [-0.2, -0.15) is 0 Å². The Balaban J connectivity index is 2.99. The minimum atomic E-state index is -0.125. The summed E-state index contributed by atoms with van der Waals surface area (Å²) in [5.74, 6) is -0.125. The van der Waals surface area contributed by atoms with Crippen LogP contribution >= 0.6 is 0 Å².